The number of aromatic nitrogens is 4. The van der Waals surface area contributed by atoms with Crippen molar-refractivity contribution in [1.82, 2.24) is 19.7 Å². The van der Waals surface area contributed by atoms with Crippen LogP contribution in [0.2, 0.25) is 5.15 Å². The highest BCUT2D eigenvalue weighted by Crippen LogP contribution is 2.25. The summed E-state index contributed by atoms with van der Waals surface area (Å²) in [7, 11) is 0. The topological polar surface area (TPSA) is 75.6 Å². The highest BCUT2D eigenvalue weighted by molar-refractivity contribution is 6.33. The third kappa shape index (κ3) is 4.25. The lowest BCUT2D eigenvalue weighted by molar-refractivity contribution is 0.102. The molecule has 2 aromatic heterocycles. The number of halogens is 1. The van der Waals surface area contributed by atoms with Crippen molar-refractivity contribution >= 4 is 34.2 Å². The van der Waals surface area contributed by atoms with E-state index in [1.807, 2.05) is 79.7 Å². The number of para-hydroxylation sites is 2. The van der Waals surface area contributed by atoms with Crippen LogP contribution in [0.4, 0.5) is 5.69 Å². The summed E-state index contributed by atoms with van der Waals surface area (Å²) in [4.78, 5) is 21.0. The van der Waals surface area contributed by atoms with Crippen LogP contribution in [0.1, 0.15) is 27.2 Å². The molecule has 0 fully saturated rings. The smallest absolute Gasteiger partial charge is 0.260 e. The molecule has 164 valence electrons. The summed E-state index contributed by atoms with van der Waals surface area (Å²) >= 11 is 6.57. The van der Waals surface area contributed by atoms with Gasteiger partial charge < -0.3 is 10.3 Å². The van der Waals surface area contributed by atoms with Crippen molar-refractivity contribution in [3.63, 3.8) is 0 Å². The number of hydrogen-bond acceptors (Lipinski definition) is 3. The molecule has 5 aromatic rings. The number of nitrogens with one attached hydrogen (secondary N) is 2. The summed E-state index contributed by atoms with van der Waals surface area (Å²) in [5.41, 5.74) is 6.59. The minimum atomic E-state index is -0.297. The van der Waals surface area contributed by atoms with E-state index in [-0.39, 0.29) is 5.91 Å². The summed E-state index contributed by atoms with van der Waals surface area (Å²) in [6.07, 6.45) is 0. The molecule has 0 aliphatic carbocycles. The van der Waals surface area contributed by atoms with E-state index >= 15 is 0 Å². The summed E-state index contributed by atoms with van der Waals surface area (Å²) in [5.74, 6) is 0.446. The van der Waals surface area contributed by atoms with E-state index in [0.717, 1.165) is 28.0 Å². The predicted octanol–water partition coefficient (Wildman–Crippen LogP) is 6.00. The summed E-state index contributed by atoms with van der Waals surface area (Å²) in [6, 6.07) is 23.6. The quantitative estimate of drug-likeness (QED) is 0.341. The number of H-pyrrole nitrogens is 1. The highest BCUT2D eigenvalue weighted by atomic mass is 35.5. The molecular formula is C26H22ClN5O. The monoisotopic (exact) mass is 455 g/mol. The molecule has 0 radical (unpaired) electrons. The number of benzene rings is 3. The second-order valence-electron chi connectivity index (χ2n) is 8.03. The molecule has 0 atom stereocenters. The fourth-order valence-electron chi connectivity index (χ4n) is 3.81. The van der Waals surface area contributed by atoms with Crippen molar-refractivity contribution in [2.45, 2.75) is 20.4 Å². The first kappa shape index (κ1) is 21.0. The second-order valence-corrected chi connectivity index (χ2v) is 8.39. The van der Waals surface area contributed by atoms with Crippen molar-refractivity contribution in [2.75, 3.05) is 5.32 Å². The molecular weight excluding hydrogens is 434 g/mol. The third-order valence-corrected chi connectivity index (χ3v) is 5.91. The number of fused-ring (bicyclic) bond motifs is 1. The molecule has 0 saturated carbocycles. The molecule has 33 heavy (non-hydrogen) atoms. The van der Waals surface area contributed by atoms with Gasteiger partial charge >= 0.3 is 0 Å². The van der Waals surface area contributed by atoms with Crippen LogP contribution < -0.4 is 5.32 Å². The van der Waals surface area contributed by atoms with Gasteiger partial charge in [0.15, 0.2) is 0 Å². The Kier molecular flexibility index (Phi) is 5.44. The van der Waals surface area contributed by atoms with E-state index in [4.69, 9.17) is 11.6 Å². The second kappa shape index (κ2) is 8.56. The van der Waals surface area contributed by atoms with Gasteiger partial charge in [0.2, 0.25) is 0 Å². The number of aromatic amines is 1. The van der Waals surface area contributed by atoms with Crippen molar-refractivity contribution in [3.05, 3.63) is 100 Å². The van der Waals surface area contributed by atoms with Gasteiger partial charge in [0.1, 0.15) is 11.0 Å². The van der Waals surface area contributed by atoms with Crippen LogP contribution >= 0.6 is 11.6 Å². The number of aryl methyl sites for hydroxylation is 2. The fourth-order valence-corrected chi connectivity index (χ4v) is 4.13. The van der Waals surface area contributed by atoms with E-state index in [0.29, 0.717) is 28.6 Å². The lowest BCUT2D eigenvalue weighted by atomic mass is 10.1. The van der Waals surface area contributed by atoms with Gasteiger partial charge in [0, 0.05) is 11.3 Å². The van der Waals surface area contributed by atoms with Crippen LogP contribution in [0.25, 0.3) is 22.4 Å². The Bertz CT molecular complexity index is 1430. The van der Waals surface area contributed by atoms with Gasteiger partial charge in [0.25, 0.3) is 5.91 Å². The maximum atomic E-state index is 13.1. The first-order chi connectivity index (χ1) is 16.0. The number of carbonyl (C=O) groups is 1. The molecule has 0 spiro atoms. The number of anilines is 1. The van der Waals surface area contributed by atoms with Gasteiger partial charge in [-0.3, -0.25) is 4.79 Å². The fraction of sp³-hybridized carbons (Fsp3) is 0.115. The number of hydrogen-bond donors (Lipinski definition) is 2. The van der Waals surface area contributed by atoms with Crippen molar-refractivity contribution < 1.29 is 4.79 Å². The van der Waals surface area contributed by atoms with Crippen LogP contribution in [0.3, 0.4) is 0 Å². The molecule has 7 heteroatoms. The zero-order valence-electron chi connectivity index (χ0n) is 18.3. The Labute approximate surface area is 196 Å². The molecule has 2 N–H and O–H groups in total. The Morgan fingerprint density at radius 1 is 1.03 bits per heavy atom. The van der Waals surface area contributed by atoms with Gasteiger partial charge in [-0.25, -0.2) is 9.67 Å². The predicted molar refractivity (Wildman–Crippen MR) is 132 cm³/mol. The number of rotatable bonds is 5. The molecule has 0 bridgehead atoms. The van der Waals surface area contributed by atoms with Gasteiger partial charge in [-0.1, -0.05) is 65.7 Å². The van der Waals surface area contributed by atoms with E-state index in [1.165, 1.54) is 5.56 Å². The van der Waals surface area contributed by atoms with Gasteiger partial charge in [-0.15, -0.1) is 0 Å². The largest absolute Gasteiger partial charge is 0.338 e. The average Bonchev–Trinajstić information content (AvgIpc) is 3.36. The van der Waals surface area contributed by atoms with Gasteiger partial charge in [-0.2, -0.15) is 5.10 Å². The van der Waals surface area contributed by atoms with Crippen molar-refractivity contribution in [3.8, 4) is 11.4 Å². The molecule has 6 nitrogen and oxygen atoms in total. The molecule has 0 aliphatic rings. The Morgan fingerprint density at radius 3 is 2.61 bits per heavy atom. The van der Waals surface area contributed by atoms with Crippen LogP contribution in [-0.4, -0.2) is 25.7 Å². The van der Waals surface area contributed by atoms with E-state index in [1.54, 1.807) is 11.6 Å². The normalized spacial score (nSPS) is 11.1. The molecule has 3 aromatic carbocycles. The zero-order valence-corrected chi connectivity index (χ0v) is 19.0. The number of nitrogens with zero attached hydrogens (tertiary/aromatic N) is 3. The summed E-state index contributed by atoms with van der Waals surface area (Å²) < 4.78 is 1.65. The van der Waals surface area contributed by atoms with E-state index < -0.39 is 0 Å². The van der Waals surface area contributed by atoms with E-state index in [9.17, 15) is 4.79 Å². The number of carbonyl (C=O) groups excluding carboxylic acids is 1. The maximum Gasteiger partial charge on any atom is 0.260 e. The average molecular weight is 456 g/mol. The van der Waals surface area contributed by atoms with Crippen LogP contribution in [-0.2, 0) is 6.54 Å². The molecule has 0 unspecified atom stereocenters. The standard InChI is InChI=1S/C26H22ClN5O/c1-16-10-12-18(13-11-16)15-32-24(27)23(17(2)31-32)26(33)28-20-7-5-6-19(14-20)25-29-21-8-3-4-9-22(21)30-25/h3-14H,15H2,1-2H3,(H,28,33)(H,29,30). The highest BCUT2D eigenvalue weighted by Gasteiger charge is 2.21. The van der Waals surface area contributed by atoms with Crippen LogP contribution in [0.5, 0.6) is 0 Å². The zero-order chi connectivity index (χ0) is 22.9. The number of amides is 1. The first-order valence-electron chi connectivity index (χ1n) is 10.6. The van der Waals surface area contributed by atoms with Crippen LogP contribution in [0, 0.1) is 13.8 Å². The van der Waals surface area contributed by atoms with E-state index in [2.05, 4.69) is 20.4 Å². The van der Waals surface area contributed by atoms with Gasteiger partial charge in [0.05, 0.1) is 28.8 Å². The Hall–Kier alpha value is -3.90. The molecule has 5 rings (SSSR count). The Morgan fingerprint density at radius 2 is 1.82 bits per heavy atom. The van der Waals surface area contributed by atoms with Crippen molar-refractivity contribution in [1.29, 1.82) is 0 Å². The molecule has 1 amide bonds. The number of imidazole rings is 1. The third-order valence-electron chi connectivity index (χ3n) is 5.53. The van der Waals surface area contributed by atoms with Gasteiger partial charge in [-0.05, 0) is 43.7 Å². The lowest BCUT2D eigenvalue weighted by Crippen LogP contribution is -2.13. The Balaban J connectivity index is 1.38. The molecule has 2 heterocycles. The lowest BCUT2D eigenvalue weighted by Gasteiger charge is -2.07. The maximum absolute atomic E-state index is 13.1. The van der Waals surface area contributed by atoms with Crippen molar-refractivity contribution in [2.24, 2.45) is 0 Å². The minimum Gasteiger partial charge on any atom is -0.338 e. The van der Waals surface area contributed by atoms with Crippen LogP contribution in [0.15, 0.2) is 72.8 Å². The molecule has 0 aliphatic heterocycles. The molecule has 0 saturated heterocycles. The summed E-state index contributed by atoms with van der Waals surface area (Å²) in [6.45, 7) is 4.33. The minimum absolute atomic E-state index is 0.297. The SMILES string of the molecule is Cc1ccc(Cn2nc(C)c(C(=O)Nc3cccc(-c4nc5ccccc5[nH]4)c3)c2Cl)cc1. The first-order valence-corrected chi connectivity index (χ1v) is 11.0. The summed E-state index contributed by atoms with van der Waals surface area (Å²) in [5, 5.41) is 7.76.